The Bertz CT molecular complexity index is 1050. The molecule has 0 N–H and O–H groups in total. The van der Waals surface area contributed by atoms with Crippen molar-refractivity contribution in [2.75, 3.05) is 18.1 Å². The van der Waals surface area contributed by atoms with E-state index in [2.05, 4.69) is 12.0 Å². The second-order valence-corrected chi connectivity index (χ2v) is 9.73. The summed E-state index contributed by atoms with van der Waals surface area (Å²) in [6, 6.07) is 14.7. The van der Waals surface area contributed by atoms with Crippen LogP contribution in [0.15, 0.2) is 58.5 Å². The summed E-state index contributed by atoms with van der Waals surface area (Å²) in [6.45, 7) is 5.68. The Morgan fingerprint density at radius 3 is 2.41 bits per heavy atom. The summed E-state index contributed by atoms with van der Waals surface area (Å²) in [5, 5.41) is 5.61. The first-order chi connectivity index (χ1) is 13.9. The summed E-state index contributed by atoms with van der Waals surface area (Å²) in [4.78, 5) is 14.9. The summed E-state index contributed by atoms with van der Waals surface area (Å²) < 4.78 is 26.4. The Hall–Kier alpha value is -2.67. The van der Waals surface area contributed by atoms with Crippen LogP contribution >= 0.6 is 0 Å². The molecule has 152 valence electrons. The van der Waals surface area contributed by atoms with Crippen molar-refractivity contribution < 1.29 is 13.2 Å². The first-order valence-corrected chi connectivity index (χ1v) is 11.4. The quantitative estimate of drug-likeness (QED) is 0.777. The first kappa shape index (κ1) is 19.6. The third-order valence-corrected chi connectivity index (χ3v) is 7.30. The highest BCUT2D eigenvalue weighted by Gasteiger charge is 2.39. The third-order valence-electron chi connectivity index (χ3n) is 5.61. The number of aryl methyl sites for hydroxylation is 1. The highest BCUT2D eigenvalue weighted by molar-refractivity contribution is 8.08. The number of para-hydroxylation sites is 1. The number of hydrogen-bond acceptors (Lipinski definition) is 5. The van der Waals surface area contributed by atoms with Gasteiger partial charge in [0.1, 0.15) is 0 Å². The molecule has 0 aliphatic carbocycles. The lowest BCUT2D eigenvalue weighted by Gasteiger charge is -2.32. The van der Waals surface area contributed by atoms with E-state index in [1.165, 1.54) is 0 Å². The van der Waals surface area contributed by atoms with Crippen molar-refractivity contribution in [2.24, 2.45) is 11.0 Å². The molecular weight excluding hydrogens is 386 g/mol. The van der Waals surface area contributed by atoms with Gasteiger partial charge in [-0.05, 0) is 43.4 Å². The highest BCUT2D eigenvalue weighted by atomic mass is 32.2. The number of carbonyl (C=O) groups is 1. The fourth-order valence-corrected chi connectivity index (χ4v) is 5.19. The number of hydrogen-bond donors (Lipinski definition) is 0. The minimum absolute atomic E-state index is 0.135. The second kappa shape index (κ2) is 7.63. The van der Waals surface area contributed by atoms with E-state index >= 15 is 0 Å². The van der Waals surface area contributed by atoms with Crippen LogP contribution in [-0.4, -0.2) is 37.4 Å². The highest BCUT2D eigenvalue weighted by Crippen LogP contribution is 2.33. The van der Waals surface area contributed by atoms with Crippen LogP contribution in [0.3, 0.4) is 0 Å². The Morgan fingerprint density at radius 1 is 1.07 bits per heavy atom. The summed E-state index contributed by atoms with van der Waals surface area (Å²) in [6.07, 6.45) is 1.76. The van der Waals surface area contributed by atoms with E-state index in [0.29, 0.717) is 31.2 Å². The normalized spacial score (nSPS) is 18.9. The van der Waals surface area contributed by atoms with Crippen molar-refractivity contribution >= 4 is 26.5 Å². The first-order valence-electron chi connectivity index (χ1n) is 9.91. The summed E-state index contributed by atoms with van der Waals surface area (Å²) in [7, 11) is -3.96. The largest absolute Gasteiger partial charge is 0.337 e. The van der Waals surface area contributed by atoms with Crippen molar-refractivity contribution in [3.8, 4) is 0 Å². The van der Waals surface area contributed by atoms with E-state index in [-0.39, 0.29) is 9.94 Å². The monoisotopic (exact) mass is 411 g/mol. The van der Waals surface area contributed by atoms with Crippen LogP contribution in [0.25, 0.3) is 0 Å². The zero-order valence-corrected chi connectivity index (χ0v) is 17.5. The van der Waals surface area contributed by atoms with E-state index in [1.54, 1.807) is 34.2 Å². The minimum Gasteiger partial charge on any atom is -0.337 e. The van der Waals surface area contributed by atoms with Crippen LogP contribution in [0.4, 0.5) is 5.69 Å². The van der Waals surface area contributed by atoms with Gasteiger partial charge in [0.2, 0.25) is 14.9 Å². The van der Waals surface area contributed by atoms with Gasteiger partial charge in [0.25, 0.3) is 5.91 Å². The standard InChI is InChI=1S/C22H25N3O3S/c1-16-7-9-18(10-8-16)15-25-19-5-3-4-6-20(19)29(27,28)21(23-25)22(26)24-13-11-17(2)12-14-24/h3-10,17H,11-15H2,1-2H3. The fourth-order valence-electron chi connectivity index (χ4n) is 3.71. The molecule has 1 amide bonds. The molecule has 1 saturated heterocycles. The van der Waals surface area contributed by atoms with Crippen LogP contribution in [0, 0.1) is 12.8 Å². The maximum absolute atomic E-state index is 13.2. The van der Waals surface area contributed by atoms with Gasteiger partial charge in [-0.3, -0.25) is 9.80 Å². The molecule has 2 heterocycles. The lowest BCUT2D eigenvalue weighted by atomic mass is 9.99. The summed E-state index contributed by atoms with van der Waals surface area (Å²) >= 11 is 0. The number of sulfone groups is 1. The third kappa shape index (κ3) is 3.79. The molecule has 0 aromatic heterocycles. The molecule has 2 aromatic rings. The van der Waals surface area contributed by atoms with Gasteiger partial charge in [0.05, 0.1) is 17.1 Å². The Morgan fingerprint density at radius 2 is 1.72 bits per heavy atom. The van der Waals surface area contributed by atoms with Crippen molar-refractivity contribution in [3.63, 3.8) is 0 Å². The van der Waals surface area contributed by atoms with Crippen molar-refractivity contribution in [2.45, 2.75) is 38.1 Å². The smallest absolute Gasteiger partial charge is 0.286 e. The number of carbonyl (C=O) groups excluding carboxylic acids is 1. The zero-order chi connectivity index (χ0) is 20.6. The predicted octanol–water partition coefficient (Wildman–Crippen LogP) is 3.36. The number of likely N-dealkylation sites (tertiary alicyclic amines) is 1. The fraction of sp³-hybridized carbons (Fsp3) is 0.364. The lowest BCUT2D eigenvalue weighted by molar-refractivity contribution is -0.125. The number of rotatable bonds is 3. The summed E-state index contributed by atoms with van der Waals surface area (Å²) in [5.41, 5.74) is 2.64. The number of hydrazone groups is 1. The van der Waals surface area contributed by atoms with E-state index in [4.69, 9.17) is 0 Å². The minimum atomic E-state index is -3.96. The molecule has 2 aliphatic rings. The van der Waals surface area contributed by atoms with Gasteiger partial charge in [0, 0.05) is 13.1 Å². The Labute approximate surface area is 171 Å². The van der Waals surface area contributed by atoms with Gasteiger partial charge in [-0.25, -0.2) is 8.42 Å². The van der Waals surface area contributed by atoms with Gasteiger partial charge in [0.15, 0.2) is 0 Å². The molecular formula is C22H25N3O3S. The van der Waals surface area contributed by atoms with Crippen LogP contribution in [-0.2, 0) is 21.2 Å². The zero-order valence-electron chi connectivity index (χ0n) is 16.7. The second-order valence-electron chi connectivity index (χ2n) is 7.89. The van der Waals surface area contributed by atoms with Gasteiger partial charge in [-0.15, -0.1) is 0 Å². The van der Waals surface area contributed by atoms with E-state index < -0.39 is 15.7 Å². The van der Waals surface area contributed by atoms with Gasteiger partial charge < -0.3 is 4.90 Å². The number of fused-ring (bicyclic) bond motifs is 1. The summed E-state index contributed by atoms with van der Waals surface area (Å²) in [5.74, 6) is 0.0445. The molecule has 0 atom stereocenters. The molecule has 2 aromatic carbocycles. The molecule has 2 aliphatic heterocycles. The van der Waals surface area contributed by atoms with Crippen LogP contribution in [0.1, 0.15) is 30.9 Å². The molecule has 4 rings (SSSR count). The predicted molar refractivity (Wildman–Crippen MR) is 113 cm³/mol. The molecule has 29 heavy (non-hydrogen) atoms. The topological polar surface area (TPSA) is 70.1 Å². The van der Waals surface area contributed by atoms with Gasteiger partial charge >= 0.3 is 0 Å². The van der Waals surface area contributed by atoms with Crippen LogP contribution < -0.4 is 5.01 Å². The molecule has 0 spiro atoms. The van der Waals surface area contributed by atoms with E-state index in [9.17, 15) is 13.2 Å². The average Bonchev–Trinajstić information content (AvgIpc) is 2.72. The number of benzene rings is 2. The van der Waals surface area contributed by atoms with Crippen molar-refractivity contribution in [1.29, 1.82) is 0 Å². The molecule has 0 radical (unpaired) electrons. The molecule has 0 bridgehead atoms. The molecule has 0 unspecified atom stereocenters. The Kier molecular flexibility index (Phi) is 5.17. The van der Waals surface area contributed by atoms with Crippen LogP contribution in [0.2, 0.25) is 0 Å². The number of nitrogens with zero attached hydrogens (tertiary/aromatic N) is 3. The number of amides is 1. The Balaban J connectivity index is 1.72. The maximum atomic E-state index is 13.2. The molecule has 0 saturated carbocycles. The molecule has 7 heteroatoms. The number of piperidine rings is 1. The van der Waals surface area contributed by atoms with Gasteiger partial charge in [-0.1, -0.05) is 48.9 Å². The average molecular weight is 412 g/mol. The van der Waals surface area contributed by atoms with Crippen molar-refractivity contribution in [1.82, 2.24) is 4.90 Å². The van der Waals surface area contributed by atoms with Crippen LogP contribution in [0.5, 0.6) is 0 Å². The molecule has 1 fully saturated rings. The van der Waals surface area contributed by atoms with E-state index in [0.717, 1.165) is 24.0 Å². The van der Waals surface area contributed by atoms with Crippen molar-refractivity contribution in [3.05, 3.63) is 59.7 Å². The van der Waals surface area contributed by atoms with E-state index in [1.807, 2.05) is 31.2 Å². The molecule has 6 nitrogen and oxygen atoms in total. The van der Waals surface area contributed by atoms with Gasteiger partial charge in [-0.2, -0.15) is 5.10 Å². The SMILES string of the molecule is Cc1ccc(CN2N=C(C(=O)N3CCC(C)CC3)S(=O)(=O)c3ccccc32)cc1. The lowest BCUT2D eigenvalue weighted by Crippen LogP contribution is -2.46. The number of anilines is 1. The maximum Gasteiger partial charge on any atom is 0.286 e.